The highest BCUT2D eigenvalue weighted by Gasteiger charge is 2.27. The molecule has 0 bridgehead atoms. The largest absolute Gasteiger partial charge is 0.489 e. The molecule has 0 aliphatic heterocycles. The highest BCUT2D eigenvalue weighted by atomic mass is 16.5. The number of ether oxygens (including phenoxy) is 1. The van der Waals surface area contributed by atoms with Crippen LogP contribution in [-0.4, -0.2) is 11.1 Å². The monoisotopic (exact) mass is 284 g/mol. The smallest absolute Gasteiger partial charge is 0.309 e. The number of aliphatic carboxylic acids is 1. The predicted molar refractivity (Wildman–Crippen MR) is 82.3 cm³/mol. The molecule has 3 nitrogen and oxygen atoms in total. The van der Waals surface area contributed by atoms with Crippen LogP contribution in [-0.2, 0) is 17.8 Å². The fourth-order valence-corrected chi connectivity index (χ4v) is 2.03. The van der Waals surface area contributed by atoms with Crippen LogP contribution in [0.15, 0.2) is 54.6 Å². The lowest BCUT2D eigenvalue weighted by Crippen LogP contribution is -2.26. The van der Waals surface area contributed by atoms with E-state index in [2.05, 4.69) is 0 Å². The van der Waals surface area contributed by atoms with E-state index in [0.29, 0.717) is 13.0 Å². The van der Waals surface area contributed by atoms with Gasteiger partial charge in [-0.3, -0.25) is 4.79 Å². The molecule has 2 aromatic carbocycles. The Morgan fingerprint density at radius 3 is 2.19 bits per heavy atom. The first kappa shape index (κ1) is 15.1. The van der Waals surface area contributed by atoms with Crippen molar-refractivity contribution >= 4 is 5.97 Å². The second kappa shape index (κ2) is 6.44. The van der Waals surface area contributed by atoms with Crippen LogP contribution >= 0.6 is 0 Å². The average molecular weight is 284 g/mol. The molecule has 0 radical (unpaired) electrons. The molecule has 0 amide bonds. The molecule has 0 saturated heterocycles. The fourth-order valence-electron chi connectivity index (χ4n) is 2.03. The van der Waals surface area contributed by atoms with E-state index in [4.69, 9.17) is 9.84 Å². The highest BCUT2D eigenvalue weighted by Crippen LogP contribution is 2.23. The maximum Gasteiger partial charge on any atom is 0.309 e. The molecule has 2 aromatic rings. The molecule has 0 atom stereocenters. The molecular weight excluding hydrogens is 264 g/mol. The van der Waals surface area contributed by atoms with Crippen LogP contribution in [0, 0.1) is 5.41 Å². The average Bonchev–Trinajstić information content (AvgIpc) is 2.47. The summed E-state index contributed by atoms with van der Waals surface area (Å²) >= 11 is 0. The summed E-state index contributed by atoms with van der Waals surface area (Å²) in [5.74, 6) is 0.00244. The quantitative estimate of drug-likeness (QED) is 0.874. The summed E-state index contributed by atoms with van der Waals surface area (Å²) < 4.78 is 5.71. The van der Waals surface area contributed by atoms with Gasteiger partial charge < -0.3 is 9.84 Å². The van der Waals surface area contributed by atoms with Gasteiger partial charge in [0.05, 0.1) is 5.41 Å². The zero-order chi connectivity index (χ0) is 15.3. The predicted octanol–water partition coefficient (Wildman–Crippen LogP) is 3.92. The van der Waals surface area contributed by atoms with Crippen molar-refractivity contribution in [1.82, 2.24) is 0 Å². The molecule has 110 valence electrons. The number of carbonyl (C=O) groups is 1. The fraction of sp³-hybridized carbons (Fsp3) is 0.278. The lowest BCUT2D eigenvalue weighted by molar-refractivity contribution is -0.146. The van der Waals surface area contributed by atoms with Crippen LogP contribution in [0.5, 0.6) is 5.75 Å². The third-order valence-corrected chi connectivity index (χ3v) is 3.40. The van der Waals surface area contributed by atoms with Gasteiger partial charge in [-0.25, -0.2) is 0 Å². The normalized spacial score (nSPS) is 11.1. The van der Waals surface area contributed by atoms with Gasteiger partial charge in [-0.15, -0.1) is 0 Å². The molecule has 0 heterocycles. The first-order valence-electron chi connectivity index (χ1n) is 6.96. The number of hydrogen-bond donors (Lipinski definition) is 1. The Morgan fingerprint density at radius 2 is 1.62 bits per heavy atom. The molecule has 2 rings (SSSR count). The van der Waals surface area contributed by atoms with Gasteiger partial charge in [-0.2, -0.15) is 0 Å². The van der Waals surface area contributed by atoms with Gasteiger partial charge in [0, 0.05) is 0 Å². The number of benzene rings is 2. The molecule has 0 unspecified atom stereocenters. The van der Waals surface area contributed by atoms with Crippen LogP contribution < -0.4 is 4.74 Å². The maximum absolute atomic E-state index is 11.1. The lowest BCUT2D eigenvalue weighted by atomic mass is 9.86. The Kier molecular flexibility index (Phi) is 4.63. The van der Waals surface area contributed by atoms with Crippen molar-refractivity contribution in [2.24, 2.45) is 5.41 Å². The molecule has 1 N–H and O–H groups in total. The minimum Gasteiger partial charge on any atom is -0.489 e. The number of rotatable bonds is 6. The summed E-state index contributed by atoms with van der Waals surface area (Å²) in [6.45, 7) is 3.99. The van der Waals surface area contributed by atoms with Gasteiger partial charge in [0.1, 0.15) is 12.4 Å². The Bertz CT molecular complexity index is 586. The molecule has 3 heteroatoms. The first-order chi connectivity index (χ1) is 9.97. The highest BCUT2D eigenvalue weighted by molar-refractivity contribution is 5.74. The molecule has 0 aromatic heterocycles. The lowest BCUT2D eigenvalue weighted by Gasteiger charge is -2.19. The summed E-state index contributed by atoms with van der Waals surface area (Å²) in [6, 6.07) is 17.6. The van der Waals surface area contributed by atoms with E-state index in [0.717, 1.165) is 16.9 Å². The topological polar surface area (TPSA) is 46.5 Å². The van der Waals surface area contributed by atoms with E-state index in [1.165, 1.54) is 0 Å². The van der Waals surface area contributed by atoms with Gasteiger partial charge >= 0.3 is 5.97 Å². The van der Waals surface area contributed by atoms with Crippen LogP contribution in [0.4, 0.5) is 0 Å². The third-order valence-electron chi connectivity index (χ3n) is 3.40. The van der Waals surface area contributed by atoms with Gasteiger partial charge in [0.2, 0.25) is 0 Å². The Morgan fingerprint density at radius 1 is 1.00 bits per heavy atom. The van der Waals surface area contributed by atoms with Gasteiger partial charge in [0.25, 0.3) is 0 Å². The van der Waals surface area contributed by atoms with E-state index in [-0.39, 0.29) is 0 Å². The summed E-state index contributed by atoms with van der Waals surface area (Å²) in [6.07, 6.45) is 0.501. The number of carboxylic acids is 1. The van der Waals surface area contributed by atoms with Gasteiger partial charge in [-0.1, -0.05) is 42.5 Å². The van der Waals surface area contributed by atoms with Crippen LogP contribution in [0.1, 0.15) is 25.0 Å². The van der Waals surface area contributed by atoms with Gasteiger partial charge in [-0.05, 0) is 43.5 Å². The summed E-state index contributed by atoms with van der Waals surface area (Å²) in [7, 11) is 0. The third kappa shape index (κ3) is 4.35. The zero-order valence-corrected chi connectivity index (χ0v) is 12.4. The second-order valence-electron chi connectivity index (χ2n) is 5.78. The zero-order valence-electron chi connectivity index (χ0n) is 12.4. The van der Waals surface area contributed by atoms with Crippen molar-refractivity contribution in [3.8, 4) is 5.75 Å². The molecule has 0 spiro atoms. The van der Waals surface area contributed by atoms with Crippen molar-refractivity contribution in [3.05, 3.63) is 65.7 Å². The number of hydrogen-bond acceptors (Lipinski definition) is 2. The van der Waals surface area contributed by atoms with Crippen molar-refractivity contribution < 1.29 is 14.6 Å². The van der Waals surface area contributed by atoms with Crippen molar-refractivity contribution in [3.63, 3.8) is 0 Å². The standard InChI is InChI=1S/C18H20O3/c1-18(2,17(19)20)12-14-8-10-16(11-9-14)21-13-15-6-4-3-5-7-15/h3-11H,12-13H2,1-2H3,(H,19,20). The summed E-state index contributed by atoms with van der Waals surface area (Å²) in [5.41, 5.74) is 1.36. The second-order valence-corrected chi connectivity index (χ2v) is 5.78. The Balaban J connectivity index is 1.95. The van der Waals surface area contributed by atoms with E-state index in [9.17, 15) is 4.79 Å². The molecular formula is C18H20O3. The maximum atomic E-state index is 11.1. The molecule has 0 fully saturated rings. The number of carboxylic acid groups (broad SMARTS) is 1. The SMILES string of the molecule is CC(C)(Cc1ccc(OCc2ccccc2)cc1)C(=O)O. The molecule has 21 heavy (non-hydrogen) atoms. The molecule has 0 saturated carbocycles. The molecule has 0 aliphatic carbocycles. The Hall–Kier alpha value is -2.29. The first-order valence-corrected chi connectivity index (χ1v) is 6.96. The van der Waals surface area contributed by atoms with Crippen molar-refractivity contribution in [2.45, 2.75) is 26.9 Å². The molecule has 0 aliphatic rings. The van der Waals surface area contributed by atoms with E-state index in [1.807, 2.05) is 54.6 Å². The Labute approximate surface area is 125 Å². The summed E-state index contributed by atoms with van der Waals surface area (Å²) in [4.78, 5) is 11.1. The van der Waals surface area contributed by atoms with E-state index in [1.54, 1.807) is 13.8 Å². The summed E-state index contributed by atoms with van der Waals surface area (Å²) in [5, 5.41) is 9.14. The minimum atomic E-state index is -0.785. The van der Waals surface area contributed by atoms with E-state index >= 15 is 0 Å². The van der Waals surface area contributed by atoms with Crippen LogP contribution in [0.2, 0.25) is 0 Å². The van der Waals surface area contributed by atoms with Crippen LogP contribution in [0.25, 0.3) is 0 Å². The van der Waals surface area contributed by atoms with Crippen molar-refractivity contribution in [1.29, 1.82) is 0 Å². The minimum absolute atomic E-state index is 0.501. The van der Waals surface area contributed by atoms with Gasteiger partial charge in [0.15, 0.2) is 0 Å². The van der Waals surface area contributed by atoms with Crippen molar-refractivity contribution in [2.75, 3.05) is 0 Å². The van der Waals surface area contributed by atoms with Crippen LogP contribution in [0.3, 0.4) is 0 Å². The van der Waals surface area contributed by atoms with E-state index < -0.39 is 11.4 Å².